The fraction of sp³-hybridized carbons (Fsp3) is 1.00. The second kappa shape index (κ2) is 7.37. The molecule has 1 saturated carbocycles. The summed E-state index contributed by atoms with van der Waals surface area (Å²) in [6.45, 7) is 7.12. The van der Waals surface area contributed by atoms with Crippen LogP contribution in [-0.2, 0) is 0 Å². The topological polar surface area (TPSA) is 83.0 Å². The normalized spacial score (nSPS) is 40.0. The summed E-state index contributed by atoms with van der Waals surface area (Å²) in [4.78, 5) is 9.88. The van der Waals surface area contributed by atoms with Gasteiger partial charge in [0, 0.05) is 0 Å². The molecule has 4 heterocycles. The largest absolute Gasteiger partial charge is 0.344 e. The lowest BCUT2D eigenvalue weighted by molar-refractivity contribution is -0.194. The van der Waals surface area contributed by atoms with Gasteiger partial charge in [0.05, 0.1) is 40.0 Å². The highest BCUT2D eigenvalue weighted by Crippen LogP contribution is 2.20. The first-order valence-corrected chi connectivity index (χ1v) is 6.79. The van der Waals surface area contributed by atoms with Gasteiger partial charge in [0.25, 0.3) is 0 Å². The van der Waals surface area contributed by atoms with Crippen molar-refractivity contribution in [2.24, 2.45) is 0 Å². The van der Waals surface area contributed by atoms with E-state index in [4.69, 9.17) is 0 Å². The van der Waals surface area contributed by atoms with Crippen LogP contribution in [0.4, 0.5) is 0 Å². The molecule has 5 rings (SSSR count). The maximum absolute atomic E-state index is 2.47. The van der Waals surface area contributed by atoms with Gasteiger partial charge in [-0.1, -0.05) is 38.5 Å². The van der Waals surface area contributed by atoms with Crippen LogP contribution in [0.3, 0.4) is 0 Å². The molecule has 4 aliphatic heterocycles. The molecule has 1 aliphatic carbocycles. The van der Waals surface area contributed by atoms with Crippen LogP contribution < -0.4 is 12.3 Å². The summed E-state index contributed by atoms with van der Waals surface area (Å²) in [6.07, 6.45) is 9.00. The first-order chi connectivity index (χ1) is 7.90. The monoisotopic (exact) mass is 258 g/mol. The molecule has 0 radical (unpaired) electrons. The van der Waals surface area contributed by atoms with Gasteiger partial charge in [0.15, 0.2) is 0 Å². The average Bonchev–Trinajstić information content (AvgIpc) is 2.30. The second-order valence-electron chi connectivity index (χ2n) is 5.65. The molecule has 108 valence electrons. The predicted molar refractivity (Wildman–Crippen MR) is 74.3 cm³/mol. The predicted octanol–water partition coefficient (Wildman–Crippen LogP) is 1.64. The Bertz CT molecular complexity index is 163. The van der Waals surface area contributed by atoms with Gasteiger partial charge >= 0.3 is 0 Å². The molecular formula is C12H30N6. The number of rotatable bonds is 0. The van der Waals surface area contributed by atoms with Gasteiger partial charge < -0.3 is 12.3 Å². The summed E-state index contributed by atoms with van der Waals surface area (Å²) in [5, 5.41) is 0. The van der Waals surface area contributed by atoms with Crippen molar-refractivity contribution in [3.8, 4) is 0 Å². The minimum atomic E-state index is 0. The summed E-state index contributed by atoms with van der Waals surface area (Å²) in [5.41, 5.74) is 0. The van der Waals surface area contributed by atoms with E-state index < -0.39 is 0 Å². The molecule has 6 N–H and O–H groups in total. The van der Waals surface area contributed by atoms with E-state index in [1.165, 1.54) is 78.5 Å². The Hall–Kier alpha value is -0.240. The van der Waals surface area contributed by atoms with Gasteiger partial charge in [-0.05, 0) is 0 Å². The van der Waals surface area contributed by atoms with E-state index in [0.29, 0.717) is 0 Å². The molecule has 6 nitrogen and oxygen atoms in total. The summed E-state index contributed by atoms with van der Waals surface area (Å²) in [6, 6.07) is 0. The van der Waals surface area contributed by atoms with Crippen molar-refractivity contribution in [3.05, 3.63) is 0 Å². The highest BCUT2D eigenvalue weighted by Gasteiger charge is 2.36. The van der Waals surface area contributed by atoms with Crippen molar-refractivity contribution in [1.29, 1.82) is 0 Å². The lowest BCUT2D eigenvalue weighted by Crippen LogP contribution is -2.71. The van der Waals surface area contributed by atoms with E-state index >= 15 is 0 Å². The minimum Gasteiger partial charge on any atom is -0.344 e. The lowest BCUT2D eigenvalue weighted by atomic mass is 10.0. The summed E-state index contributed by atoms with van der Waals surface area (Å²) < 4.78 is 0. The Kier molecular flexibility index (Phi) is 6.48. The fourth-order valence-electron chi connectivity index (χ4n) is 3.29. The van der Waals surface area contributed by atoms with Crippen LogP contribution in [0.2, 0.25) is 0 Å². The Morgan fingerprint density at radius 1 is 0.333 bits per heavy atom. The van der Waals surface area contributed by atoms with Crippen LogP contribution in [0, 0.1) is 0 Å². The molecule has 18 heavy (non-hydrogen) atoms. The van der Waals surface area contributed by atoms with E-state index in [9.17, 15) is 0 Å². The zero-order valence-electron chi connectivity index (χ0n) is 11.7. The van der Waals surface area contributed by atoms with Crippen LogP contribution in [0.1, 0.15) is 38.5 Å². The van der Waals surface area contributed by atoms with Crippen LogP contribution in [-0.4, -0.2) is 59.6 Å². The molecule has 6 heteroatoms. The van der Waals surface area contributed by atoms with Gasteiger partial charge in [-0.3, -0.25) is 19.6 Å². The third-order valence-electron chi connectivity index (χ3n) is 3.90. The maximum atomic E-state index is 2.47. The van der Waals surface area contributed by atoms with Crippen molar-refractivity contribution in [1.82, 2.24) is 31.9 Å². The maximum Gasteiger partial charge on any atom is 0.0555 e. The molecule has 0 atom stereocenters. The quantitative estimate of drug-likeness (QED) is 0.687. The smallest absolute Gasteiger partial charge is 0.0555 e. The van der Waals surface area contributed by atoms with Gasteiger partial charge in [-0.2, -0.15) is 0 Å². The van der Waals surface area contributed by atoms with Crippen molar-refractivity contribution in [3.63, 3.8) is 0 Å². The highest BCUT2D eigenvalue weighted by molar-refractivity contribution is 4.79. The molecule has 0 aromatic rings. The van der Waals surface area contributed by atoms with Gasteiger partial charge in [-0.25, -0.2) is 0 Å². The zero-order chi connectivity index (χ0) is 10.8. The van der Waals surface area contributed by atoms with Gasteiger partial charge in [0.2, 0.25) is 0 Å². The molecule has 0 aromatic carbocycles. The number of hydrogen-bond donors (Lipinski definition) is 2. The molecule has 5 aliphatic rings. The van der Waals surface area contributed by atoms with Crippen LogP contribution in [0.5, 0.6) is 0 Å². The van der Waals surface area contributed by atoms with Crippen molar-refractivity contribution in [2.45, 2.75) is 38.5 Å². The lowest BCUT2D eigenvalue weighted by Gasteiger charge is -2.56. The Labute approximate surface area is 111 Å². The zero-order valence-corrected chi connectivity index (χ0v) is 11.7. The van der Waals surface area contributed by atoms with Crippen LogP contribution in [0.15, 0.2) is 0 Å². The van der Waals surface area contributed by atoms with E-state index in [1.807, 2.05) is 0 Å². The summed E-state index contributed by atoms with van der Waals surface area (Å²) in [5.74, 6) is 0. The molecule has 0 spiro atoms. The first-order valence-electron chi connectivity index (χ1n) is 6.79. The fourth-order valence-corrected chi connectivity index (χ4v) is 3.29. The van der Waals surface area contributed by atoms with E-state index in [2.05, 4.69) is 19.6 Å². The molecule has 0 amide bonds. The third kappa shape index (κ3) is 3.88. The number of nitrogens with zero attached hydrogens (tertiary/aromatic N) is 4. The molecule has 0 unspecified atom stereocenters. The highest BCUT2D eigenvalue weighted by atomic mass is 15.7. The van der Waals surface area contributed by atoms with Crippen molar-refractivity contribution in [2.75, 3.05) is 40.0 Å². The SMILES string of the molecule is C1CCCCC1.C1N2CN3CN1CN(C2)C3.N.N. The van der Waals surface area contributed by atoms with Crippen LogP contribution in [0.25, 0.3) is 0 Å². The van der Waals surface area contributed by atoms with Crippen LogP contribution >= 0.6 is 0 Å². The number of hydrogen-bond acceptors (Lipinski definition) is 6. The van der Waals surface area contributed by atoms with Gasteiger partial charge in [0.1, 0.15) is 0 Å². The molecule has 4 saturated heterocycles. The average molecular weight is 258 g/mol. The van der Waals surface area contributed by atoms with Crippen molar-refractivity contribution < 1.29 is 0 Å². The standard InChI is InChI=1S/C6H12N4.C6H12.2H3N/c1-7-2-9-4-8(1)5-10(3-7)6-9;1-2-4-6-5-3-1;;/h1-6H2;1-6H2;2*1H3. The van der Waals surface area contributed by atoms with E-state index in [-0.39, 0.29) is 12.3 Å². The van der Waals surface area contributed by atoms with E-state index in [1.54, 1.807) is 0 Å². The molecular weight excluding hydrogens is 228 g/mol. The molecule has 0 aromatic heterocycles. The third-order valence-corrected chi connectivity index (χ3v) is 3.90. The van der Waals surface area contributed by atoms with Crippen molar-refractivity contribution >= 4 is 0 Å². The molecule has 5 fully saturated rings. The Morgan fingerprint density at radius 3 is 0.667 bits per heavy atom. The van der Waals surface area contributed by atoms with E-state index in [0.717, 1.165) is 0 Å². The second-order valence-corrected chi connectivity index (χ2v) is 5.65. The summed E-state index contributed by atoms with van der Waals surface area (Å²) >= 11 is 0. The minimum absolute atomic E-state index is 0. The summed E-state index contributed by atoms with van der Waals surface area (Å²) in [7, 11) is 0. The molecule has 4 bridgehead atoms. The Morgan fingerprint density at radius 2 is 0.500 bits per heavy atom. The van der Waals surface area contributed by atoms with Gasteiger partial charge in [-0.15, -0.1) is 0 Å². The Balaban J connectivity index is 0.000000180. The first kappa shape index (κ1) is 15.8.